The van der Waals surface area contributed by atoms with E-state index in [1.165, 1.54) is 18.3 Å². The summed E-state index contributed by atoms with van der Waals surface area (Å²) in [5.74, 6) is 0.449. The summed E-state index contributed by atoms with van der Waals surface area (Å²) in [6.07, 6.45) is 4.92. The molecule has 0 aromatic heterocycles. The van der Waals surface area contributed by atoms with Crippen LogP contribution in [0, 0.1) is 0 Å². The van der Waals surface area contributed by atoms with E-state index in [2.05, 4.69) is 45.6 Å². The molecule has 2 aliphatic heterocycles. The monoisotopic (exact) mass is 298 g/mol. The van der Waals surface area contributed by atoms with Gasteiger partial charge in [-0.25, -0.2) is 9.98 Å². The minimum Gasteiger partial charge on any atom is -0.375 e. The molecule has 0 amide bonds. The number of rotatable bonds is 3. The van der Waals surface area contributed by atoms with Crippen LogP contribution < -0.4 is 10.2 Å². The molecule has 0 saturated carbocycles. The molecular weight excluding hydrogens is 276 g/mol. The molecule has 0 unspecified atom stereocenters. The topological polar surface area (TPSA) is 49.2 Å². The number of hydrogen-bond donors (Lipinski definition) is 1. The van der Waals surface area contributed by atoms with Crippen molar-refractivity contribution in [1.29, 1.82) is 0 Å². The first-order valence-corrected chi connectivity index (χ1v) is 7.66. The lowest BCUT2D eigenvalue weighted by atomic mass is 9.84. The number of piperidine rings is 1. The fourth-order valence-electron chi connectivity index (χ4n) is 3.04. The first-order valence-electron chi connectivity index (χ1n) is 7.66. The molecule has 1 aromatic carbocycles. The highest BCUT2D eigenvalue weighted by atomic mass is 16.5. The molecule has 0 atom stereocenters. The fourth-order valence-corrected chi connectivity index (χ4v) is 3.04. The highest BCUT2D eigenvalue weighted by Gasteiger charge is 2.40. The Balaban J connectivity index is 1.61. The molecule has 2 aliphatic rings. The van der Waals surface area contributed by atoms with Crippen molar-refractivity contribution in [2.45, 2.75) is 24.9 Å². The van der Waals surface area contributed by atoms with E-state index in [0.717, 1.165) is 38.2 Å². The molecule has 0 aliphatic carbocycles. The van der Waals surface area contributed by atoms with E-state index in [1.807, 2.05) is 12.1 Å². The number of nitrogens with zero attached hydrogens (tertiary/aromatic N) is 3. The quantitative estimate of drug-likeness (QED) is 0.689. The lowest BCUT2D eigenvalue weighted by Crippen LogP contribution is -2.52. The van der Waals surface area contributed by atoms with E-state index in [4.69, 9.17) is 4.74 Å². The molecule has 0 radical (unpaired) electrons. The second kappa shape index (κ2) is 6.32. The fraction of sp³-hybridized carbons (Fsp3) is 0.412. The van der Waals surface area contributed by atoms with Crippen molar-refractivity contribution in [2.24, 2.45) is 9.98 Å². The summed E-state index contributed by atoms with van der Waals surface area (Å²) in [5, 5.41) is 3.10. The molecule has 1 aromatic rings. The predicted octanol–water partition coefficient (Wildman–Crippen LogP) is 3.06. The van der Waals surface area contributed by atoms with E-state index in [-0.39, 0.29) is 5.60 Å². The summed E-state index contributed by atoms with van der Waals surface area (Å²) in [6, 6.07) is 8.31. The number of benzene rings is 1. The highest BCUT2D eigenvalue weighted by molar-refractivity contribution is 5.96. The second-order valence-corrected chi connectivity index (χ2v) is 5.73. The number of guanidine groups is 1. The van der Waals surface area contributed by atoms with Gasteiger partial charge in [0.05, 0.1) is 12.2 Å². The van der Waals surface area contributed by atoms with Crippen LogP contribution in [0.4, 0.5) is 11.4 Å². The number of aliphatic imine (C=N–C) groups is 2. The molecule has 2 heterocycles. The van der Waals surface area contributed by atoms with E-state index < -0.39 is 0 Å². The third-order valence-corrected chi connectivity index (χ3v) is 4.49. The van der Waals surface area contributed by atoms with Crippen LogP contribution in [-0.2, 0) is 4.74 Å². The van der Waals surface area contributed by atoms with Crippen molar-refractivity contribution in [1.82, 2.24) is 0 Å². The Morgan fingerprint density at radius 3 is 2.41 bits per heavy atom. The summed E-state index contributed by atoms with van der Waals surface area (Å²) in [6.45, 7) is 10.1. The van der Waals surface area contributed by atoms with Crippen LogP contribution in [0.25, 0.3) is 0 Å². The van der Waals surface area contributed by atoms with Crippen molar-refractivity contribution in [3.05, 3.63) is 37.0 Å². The minimum atomic E-state index is 0.198. The highest BCUT2D eigenvalue weighted by Crippen LogP contribution is 2.37. The van der Waals surface area contributed by atoms with Gasteiger partial charge >= 0.3 is 0 Å². The molecule has 116 valence electrons. The zero-order valence-corrected chi connectivity index (χ0v) is 12.8. The van der Waals surface area contributed by atoms with Crippen LogP contribution in [0.3, 0.4) is 0 Å². The molecule has 3 rings (SSSR count). The smallest absolute Gasteiger partial charge is 0.226 e. The van der Waals surface area contributed by atoms with Crippen molar-refractivity contribution in [3.8, 4) is 0 Å². The van der Waals surface area contributed by atoms with E-state index in [0.29, 0.717) is 5.96 Å². The predicted molar refractivity (Wildman–Crippen MR) is 92.0 cm³/mol. The van der Waals surface area contributed by atoms with Gasteiger partial charge in [-0.05, 0) is 50.2 Å². The number of anilines is 2. The SMILES string of the molecule is C=CN=C(N=C)Nc1ccc(N2CCC3(CCO3)CC2)cc1. The Morgan fingerprint density at radius 2 is 1.91 bits per heavy atom. The van der Waals surface area contributed by atoms with Crippen LogP contribution in [0.5, 0.6) is 0 Å². The molecule has 1 N–H and O–H groups in total. The third kappa shape index (κ3) is 3.04. The van der Waals surface area contributed by atoms with Gasteiger partial charge in [0.25, 0.3) is 0 Å². The van der Waals surface area contributed by atoms with Crippen LogP contribution in [0.2, 0.25) is 0 Å². The Bertz CT molecular complexity index is 565. The summed E-state index contributed by atoms with van der Waals surface area (Å²) >= 11 is 0. The molecule has 2 fully saturated rings. The Hall–Kier alpha value is -2.14. The summed E-state index contributed by atoms with van der Waals surface area (Å²) < 4.78 is 5.77. The minimum absolute atomic E-state index is 0.198. The van der Waals surface area contributed by atoms with Crippen molar-refractivity contribution < 1.29 is 4.74 Å². The standard InChI is InChI=1S/C17H22N4O/c1-3-19-16(18-2)20-14-4-6-15(7-5-14)21-11-8-17(9-12-21)10-13-22-17/h3-7H,1-2,8-13H2,(H,19,20). The Morgan fingerprint density at radius 1 is 1.23 bits per heavy atom. The molecule has 5 nitrogen and oxygen atoms in total. The maximum absolute atomic E-state index is 5.77. The van der Waals surface area contributed by atoms with Gasteiger partial charge in [0.2, 0.25) is 5.96 Å². The maximum Gasteiger partial charge on any atom is 0.226 e. The van der Waals surface area contributed by atoms with Crippen molar-refractivity contribution in [2.75, 3.05) is 29.9 Å². The Labute approximate surface area is 131 Å². The van der Waals surface area contributed by atoms with E-state index >= 15 is 0 Å². The summed E-state index contributed by atoms with van der Waals surface area (Å²) in [7, 11) is 0. The lowest BCUT2D eigenvalue weighted by Gasteiger charge is -2.48. The number of hydrogen-bond acceptors (Lipinski definition) is 3. The van der Waals surface area contributed by atoms with Crippen molar-refractivity contribution >= 4 is 24.1 Å². The van der Waals surface area contributed by atoms with E-state index in [1.54, 1.807) is 0 Å². The molecule has 2 saturated heterocycles. The first-order chi connectivity index (χ1) is 10.7. The zero-order chi connectivity index (χ0) is 15.4. The van der Waals surface area contributed by atoms with E-state index in [9.17, 15) is 0 Å². The largest absolute Gasteiger partial charge is 0.375 e. The van der Waals surface area contributed by atoms with Gasteiger partial charge < -0.3 is 15.0 Å². The number of ether oxygens (including phenoxy) is 1. The maximum atomic E-state index is 5.77. The van der Waals surface area contributed by atoms with Crippen LogP contribution in [0.1, 0.15) is 19.3 Å². The summed E-state index contributed by atoms with van der Waals surface area (Å²) in [4.78, 5) is 10.2. The third-order valence-electron chi connectivity index (χ3n) is 4.49. The van der Waals surface area contributed by atoms with Gasteiger partial charge in [0, 0.05) is 30.7 Å². The average molecular weight is 298 g/mol. The lowest BCUT2D eigenvalue weighted by molar-refractivity contribution is -0.158. The van der Waals surface area contributed by atoms with Gasteiger partial charge in [-0.3, -0.25) is 0 Å². The molecular formula is C17H22N4O. The van der Waals surface area contributed by atoms with Gasteiger partial charge in [0.1, 0.15) is 0 Å². The molecule has 22 heavy (non-hydrogen) atoms. The van der Waals surface area contributed by atoms with Crippen LogP contribution in [-0.4, -0.2) is 38.0 Å². The van der Waals surface area contributed by atoms with Gasteiger partial charge in [-0.1, -0.05) is 6.58 Å². The molecule has 5 heteroatoms. The second-order valence-electron chi connectivity index (χ2n) is 5.73. The molecule has 1 spiro atoms. The normalized spacial score (nSPS) is 20.4. The van der Waals surface area contributed by atoms with Crippen LogP contribution >= 0.6 is 0 Å². The van der Waals surface area contributed by atoms with Crippen LogP contribution in [0.15, 0.2) is 47.0 Å². The van der Waals surface area contributed by atoms with Gasteiger partial charge in [0.15, 0.2) is 0 Å². The Kier molecular flexibility index (Phi) is 4.24. The van der Waals surface area contributed by atoms with Crippen molar-refractivity contribution in [3.63, 3.8) is 0 Å². The first kappa shape index (κ1) is 14.8. The zero-order valence-electron chi connectivity index (χ0n) is 12.8. The molecule has 0 bridgehead atoms. The van der Waals surface area contributed by atoms with Gasteiger partial charge in [-0.15, -0.1) is 0 Å². The average Bonchev–Trinajstić information content (AvgIpc) is 2.54. The summed E-state index contributed by atoms with van der Waals surface area (Å²) in [5.41, 5.74) is 2.38. The van der Waals surface area contributed by atoms with Gasteiger partial charge in [-0.2, -0.15) is 0 Å². The number of nitrogens with one attached hydrogen (secondary N) is 1.